The Balaban J connectivity index is 1.19. The lowest BCUT2D eigenvalue weighted by Crippen LogP contribution is -2.63. The van der Waals surface area contributed by atoms with Crippen LogP contribution in [0.4, 0.5) is 11.5 Å². The first-order chi connectivity index (χ1) is 21.9. The molecule has 0 bridgehead atoms. The molecule has 3 N–H and O–H groups in total. The molecule has 5 fully saturated rings. The summed E-state index contributed by atoms with van der Waals surface area (Å²) < 4.78 is 14.1. The Morgan fingerprint density at radius 3 is 2.43 bits per heavy atom. The second kappa shape index (κ2) is 11.8. The third-order valence-corrected chi connectivity index (χ3v) is 11.9. The Kier molecular flexibility index (Phi) is 8.20. The molecule has 1 amide bonds. The van der Waals surface area contributed by atoms with E-state index in [0.29, 0.717) is 46.0 Å². The molecule has 1 spiro atoms. The van der Waals surface area contributed by atoms with E-state index in [4.69, 9.17) is 48.9 Å². The molecular formula is C34H45Cl2N7O3. The van der Waals surface area contributed by atoms with Crippen LogP contribution < -0.4 is 10.6 Å². The highest BCUT2D eigenvalue weighted by Crippen LogP contribution is 2.56. The van der Waals surface area contributed by atoms with Gasteiger partial charge < -0.3 is 30.4 Å². The first-order valence-electron chi connectivity index (χ1n) is 16.5. The van der Waals surface area contributed by atoms with Crippen molar-refractivity contribution in [1.29, 1.82) is 5.41 Å². The number of nitrogens with zero attached hydrogens (tertiary/aromatic N) is 5. The first-order valence-corrected chi connectivity index (χ1v) is 17.2. The van der Waals surface area contributed by atoms with Crippen LogP contribution in [0.3, 0.4) is 0 Å². The zero-order valence-electron chi connectivity index (χ0n) is 27.0. The summed E-state index contributed by atoms with van der Waals surface area (Å²) in [5.74, 6) is 1.39. The van der Waals surface area contributed by atoms with Crippen LogP contribution in [-0.4, -0.2) is 102 Å². The standard InChI is InChI=1S/C34H45Cl2N7O3/c1-5-28(44)41-18-34(19-41)12-22(13-34)43-20(2)29(30-23(14-37)25(38)10-24(35)31(30)36)32(39-43)42-7-6-21(11-33(42,3)4)15-40-16-26-27(17-40)46-9-8-45-26/h5,10,14,21-22,26-27,37H,1,6-9,11-13,15-19,38H2,2-4H3. The summed E-state index contributed by atoms with van der Waals surface area (Å²) in [7, 11) is 0. The van der Waals surface area contributed by atoms with E-state index < -0.39 is 0 Å². The lowest BCUT2D eigenvalue weighted by atomic mass is 9.60. The topological polar surface area (TPSA) is 113 Å². The van der Waals surface area contributed by atoms with E-state index in [-0.39, 0.29) is 35.1 Å². The van der Waals surface area contributed by atoms with E-state index in [2.05, 4.69) is 41.8 Å². The number of benzene rings is 1. The van der Waals surface area contributed by atoms with Crippen molar-refractivity contribution in [2.24, 2.45) is 11.3 Å². The third-order valence-electron chi connectivity index (χ3n) is 11.1. The number of hydrogen-bond acceptors (Lipinski definition) is 8. The average Bonchev–Trinajstić information content (AvgIpc) is 3.52. The summed E-state index contributed by atoms with van der Waals surface area (Å²) in [4.78, 5) is 18.9. The van der Waals surface area contributed by atoms with Crippen molar-refractivity contribution in [3.8, 4) is 11.1 Å². The molecule has 5 aliphatic rings. The molecule has 10 nitrogen and oxygen atoms in total. The minimum absolute atomic E-state index is 0.00309. The van der Waals surface area contributed by atoms with Crippen LogP contribution in [0.5, 0.6) is 0 Å². The van der Waals surface area contributed by atoms with Crippen molar-refractivity contribution in [3.63, 3.8) is 0 Å². The van der Waals surface area contributed by atoms with Gasteiger partial charge >= 0.3 is 0 Å². The summed E-state index contributed by atoms with van der Waals surface area (Å²) in [6.07, 6.45) is 6.98. The van der Waals surface area contributed by atoms with Crippen LogP contribution in [0, 0.1) is 23.7 Å². The number of aromatic nitrogens is 2. The molecule has 46 heavy (non-hydrogen) atoms. The van der Waals surface area contributed by atoms with Crippen molar-refractivity contribution in [2.45, 2.75) is 70.2 Å². The molecule has 12 heteroatoms. The Labute approximate surface area is 281 Å². The van der Waals surface area contributed by atoms with E-state index in [1.54, 1.807) is 6.07 Å². The van der Waals surface area contributed by atoms with Gasteiger partial charge in [0.05, 0.1) is 41.5 Å². The molecule has 5 heterocycles. The van der Waals surface area contributed by atoms with Crippen LogP contribution in [0.1, 0.15) is 56.8 Å². The number of nitrogens with one attached hydrogen (secondary N) is 1. The van der Waals surface area contributed by atoms with Crippen molar-refractivity contribution in [1.82, 2.24) is 19.6 Å². The number of hydrogen-bond donors (Lipinski definition) is 2. The van der Waals surface area contributed by atoms with Gasteiger partial charge in [-0.1, -0.05) is 29.8 Å². The van der Waals surface area contributed by atoms with Crippen LogP contribution in [0.2, 0.25) is 10.0 Å². The molecule has 1 aromatic carbocycles. The fourth-order valence-corrected chi connectivity index (χ4v) is 9.42. The summed E-state index contributed by atoms with van der Waals surface area (Å²) in [5.41, 5.74) is 9.88. The molecule has 1 aromatic heterocycles. The van der Waals surface area contributed by atoms with Gasteiger partial charge in [0.1, 0.15) is 0 Å². The van der Waals surface area contributed by atoms with Gasteiger partial charge in [0.15, 0.2) is 5.82 Å². The summed E-state index contributed by atoms with van der Waals surface area (Å²) in [6.45, 7) is 17.0. The molecule has 4 aliphatic heterocycles. The SMILES string of the molecule is C=CC(=O)N1CC2(CC(n3nc(N4CCC(CN5CC6OCCOC6C5)CC4(C)C)c(-c4c(Cl)c(Cl)cc(N)c4C=N)c3C)C2)C1. The van der Waals surface area contributed by atoms with Crippen molar-refractivity contribution < 1.29 is 14.3 Å². The molecule has 1 saturated carbocycles. The van der Waals surface area contributed by atoms with Gasteiger partial charge in [0, 0.05) is 84.5 Å². The summed E-state index contributed by atoms with van der Waals surface area (Å²) in [5, 5.41) is 14.4. The zero-order valence-corrected chi connectivity index (χ0v) is 28.5. The largest absolute Gasteiger partial charge is 0.398 e. The minimum atomic E-state index is -0.190. The number of carbonyl (C=O) groups is 1. The molecule has 4 saturated heterocycles. The molecule has 3 unspecified atom stereocenters. The molecular weight excluding hydrogens is 625 g/mol. The molecule has 0 radical (unpaired) electrons. The fourth-order valence-electron chi connectivity index (χ4n) is 8.95. The predicted octanol–water partition coefficient (Wildman–Crippen LogP) is 5.19. The van der Waals surface area contributed by atoms with Crippen LogP contribution in [0.15, 0.2) is 18.7 Å². The number of likely N-dealkylation sites (tertiary alicyclic amines) is 2. The number of nitrogens with two attached hydrogens (primary N) is 1. The Morgan fingerprint density at radius 2 is 1.83 bits per heavy atom. The van der Waals surface area contributed by atoms with Crippen LogP contribution in [-0.2, 0) is 14.3 Å². The number of piperidine rings is 1. The minimum Gasteiger partial charge on any atom is -0.398 e. The lowest BCUT2D eigenvalue weighted by Gasteiger charge is -2.58. The number of nitrogen functional groups attached to an aromatic ring is 1. The van der Waals surface area contributed by atoms with Gasteiger partial charge in [-0.15, -0.1) is 0 Å². The number of rotatable bonds is 7. The Morgan fingerprint density at radius 1 is 1.15 bits per heavy atom. The van der Waals surface area contributed by atoms with Crippen molar-refractivity contribution in [2.75, 3.05) is 63.1 Å². The molecule has 3 atom stereocenters. The van der Waals surface area contributed by atoms with Crippen molar-refractivity contribution in [3.05, 3.63) is 40.0 Å². The number of carbonyl (C=O) groups excluding carboxylic acids is 1. The maximum atomic E-state index is 12.1. The number of ether oxygens (including phenoxy) is 2. The third kappa shape index (κ3) is 5.34. The van der Waals surface area contributed by atoms with Gasteiger partial charge in [-0.2, -0.15) is 5.10 Å². The van der Waals surface area contributed by atoms with Gasteiger partial charge in [0.25, 0.3) is 0 Å². The van der Waals surface area contributed by atoms with Crippen molar-refractivity contribution >= 4 is 46.8 Å². The normalized spacial score (nSPS) is 27.3. The first kappa shape index (κ1) is 31.9. The average molecular weight is 671 g/mol. The van der Waals surface area contributed by atoms with E-state index in [1.165, 1.54) is 12.3 Å². The number of fused-ring (bicyclic) bond motifs is 1. The maximum Gasteiger partial charge on any atom is 0.245 e. The Hall–Kier alpha value is -2.63. The number of anilines is 2. The number of halogens is 2. The van der Waals surface area contributed by atoms with Gasteiger partial charge in [0.2, 0.25) is 5.91 Å². The Bertz CT molecular complexity index is 1550. The second-order valence-electron chi connectivity index (χ2n) is 14.7. The van der Waals surface area contributed by atoms with E-state index in [1.807, 2.05) is 4.90 Å². The molecule has 248 valence electrons. The summed E-state index contributed by atoms with van der Waals surface area (Å²) >= 11 is 13.6. The second-order valence-corrected chi connectivity index (χ2v) is 15.5. The predicted molar refractivity (Wildman–Crippen MR) is 182 cm³/mol. The van der Waals surface area contributed by atoms with Gasteiger partial charge in [-0.3, -0.25) is 14.4 Å². The highest BCUT2D eigenvalue weighted by molar-refractivity contribution is 6.44. The monoisotopic (exact) mass is 669 g/mol. The molecule has 2 aromatic rings. The highest BCUT2D eigenvalue weighted by atomic mass is 35.5. The lowest BCUT2D eigenvalue weighted by molar-refractivity contribution is -0.149. The molecule has 1 aliphatic carbocycles. The fraction of sp³-hybridized carbons (Fsp3) is 0.618. The molecule has 7 rings (SSSR count). The zero-order chi connectivity index (χ0) is 32.5. The van der Waals surface area contributed by atoms with Crippen LogP contribution >= 0.6 is 23.2 Å². The summed E-state index contributed by atoms with van der Waals surface area (Å²) in [6, 6.07) is 1.83. The number of amides is 1. The van der Waals surface area contributed by atoms with Gasteiger partial charge in [-0.05, 0) is 64.5 Å². The highest BCUT2D eigenvalue weighted by Gasteiger charge is 2.55. The quantitative estimate of drug-likeness (QED) is 0.237. The van der Waals surface area contributed by atoms with Gasteiger partial charge in [-0.25, -0.2) is 0 Å². The van der Waals surface area contributed by atoms with E-state index in [0.717, 1.165) is 82.0 Å². The smallest absolute Gasteiger partial charge is 0.245 e. The van der Waals surface area contributed by atoms with E-state index >= 15 is 0 Å². The van der Waals surface area contributed by atoms with Crippen LogP contribution in [0.25, 0.3) is 11.1 Å². The maximum absolute atomic E-state index is 12.1. The van der Waals surface area contributed by atoms with E-state index in [9.17, 15) is 4.79 Å².